The van der Waals surface area contributed by atoms with E-state index in [1.165, 1.54) is 12.8 Å². The summed E-state index contributed by atoms with van der Waals surface area (Å²) in [6.07, 6.45) is 10.1. The highest BCUT2D eigenvalue weighted by molar-refractivity contribution is 5.80. The van der Waals surface area contributed by atoms with Crippen LogP contribution in [0.15, 0.2) is 24.3 Å². The summed E-state index contributed by atoms with van der Waals surface area (Å²) in [4.78, 5) is 10.2. The van der Waals surface area contributed by atoms with Gasteiger partial charge in [0.25, 0.3) is 0 Å². The summed E-state index contributed by atoms with van der Waals surface area (Å²) >= 11 is 0. The lowest BCUT2D eigenvalue weighted by atomic mass is 9.89. The zero-order valence-electron chi connectivity index (χ0n) is 11.5. The van der Waals surface area contributed by atoms with Crippen molar-refractivity contribution >= 4 is 5.97 Å². The Labute approximate surface area is 105 Å². The highest BCUT2D eigenvalue weighted by Crippen LogP contribution is 2.20. The number of aliphatic carboxylic acids is 1. The topological polar surface area (TPSA) is 37.3 Å². The zero-order chi connectivity index (χ0) is 13.3. The van der Waals surface area contributed by atoms with Gasteiger partial charge >= 0.3 is 5.97 Å². The molecule has 0 heterocycles. The van der Waals surface area contributed by atoms with Crippen LogP contribution in [0.2, 0.25) is 0 Å². The van der Waals surface area contributed by atoms with Crippen molar-refractivity contribution in [1.82, 2.24) is 0 Å². The van der Waals surface area contributed by atoms with Crippen LogP contribution in [0.1, 0.15) is 47.0 Å². The highest BCUT2D eigenvalue weighted by Gasteiger charge is 2.08. The largest absolute Gasteiger partial charge is 0.478 e. The molecule has 2 heteroatoms. The third-order valence-corrected chi connectivity index (χ3v) is 3.28. The number of hydrogen-bond donors (Lipinski definition) is 1. The van der Waals surface area contributed by atoms with Crippen molar-refractivity contribution in [2.45, 2.75) is 47.0 Å². The van der Waals surface area contributed by atoms with E-state index in [0.29, 0.717) is 5.92 Å². The normalized spacial score (nSPS) is 15.8. The molecule has 0 bridgehead atoms. The van der Waals surface area contributed by atoms with E-state index in [4.69, 9.17) is 5.11 Å². The fraction of sp³-hybridized carbons (Fsp3) is 0.667. The maximum Gasteiger partial charge on any atom is 0.328 e. The number of carboxylic acids is 1. The first-order chi connectivity index (χ1) is 7.93. The second-order valence-electron chi connectivity index (χ2n) is 5.27. The molecule has 0 rings (SSSR count). The Balaban J connectivity index is 3.72. The van der Waals surface area contributed by atoms with Crippen molar-refractivity contribution in [1.29, 1.82) is 0 Å². The predicted molar refractivity (Wildman–Crippen MR) is 72.9 cm³/mol. The molecule has 0 amide bonds. The molecule has 0 aliphatic heterocycles. The lowest BCUT2D eigenvalue weighted by molar-refractivity contribution is -0.131. The highest BCUT2D eigenvalue weighted by atomic mass is 16.4. The van der Waals surface area contributed by atoms with Gasteiger partial charge in [-0.2, -0.15) is 0 Å². The molecule has 0 radical (unpaired) electrons. The van der Waals surface area contributed by atoms with Gasteiger partial charge in [-0.05, 0) is 24.2 Å². The molecule has 0 saturated carbocycles. The Bertz CT molecular complexity index is 264. The first kappa shape index (κ1) is 16.0. The summed E-state index contributed by atoms with van der Waals surface area (Å²) in [7, 11) is 0. The second kappa shape index (κ2) is 9.03. The fourth-order valence-electron chi connectivity index (χ4n) is 1.53. The minimum atomic E-state index is -0.895. The van der Waals surface area contributed by atoms with Gasteiger partial charge in [-0.15, -0.1) is 0 Å². The molecule has 0 fully saturated rings. The molecule has 0 aromatic carbocycles. The zero-order valence-corrected chi connectivity index (χ0v) is 11.5. The maximum atomic E-state index is 10.2. The average molecular weight is 238 g/mol. The summed E-state index contributed by atoms with van der Waals surface area (Å²) in [6, 6.07) is 0. The number of allylic oxidation sites excluding steroid dienone is 3. The molecule has 0 aromatic heterocycles. The maximum absolute atomic E-state index is 10.2. The quantitative estimate of drug-likeness (QED) is 0.506. The monoisotopic (exact) mass is 238 g/mol. The van der Waals surface area contributed by atoms with Crippen LogP contribution in [0.3, 0.4) is 0 Å². The van der Waals surface area contributed by atoms with Crippen molar-refractivity contribution in [3.63, 3.8) is 0 Å². The molecule has 2 unspecified atom stereocenters. The van der Waals surface area contributed by atoms with Gasteiger partial charge in [0.2, 0.25) is 0 Å². The number of carboxylic acid groups (broad SMARTS) is 1. The summed E-state index contributed by atoms with van der Waals surface area (Å²) < 4.78 is 0. The van der Waals surface area contributed by atoms with E-state index < -0.39 is 5.97 Å². The number of carbonyl (C=O) groups is 1. The van der Waals surface area contributed by atoms with Gasteiger partial charge in [-0.1, -0.05) is 58.8 Å². The molecular weight excluding hydrogens is 212 g/mol. The molecule has 0 aromatic rings. The third-order valence-electron chi connectivity index (χ3n) is 3.28. The van der Waals surface area contributed by atoms with Gasteiger partial charge in [-0.3, -0.25) is 0 Å². The van der Waals surface area contributed by atoms with Crippen LogP contribution in [0.25, 0.3) is 0 Å². The van der Waals surface area contributed by atoms with Crippen LogP contribution in [-0.4, -0.2) is 11.1 Å². The predicted octanol–water partition coefficient (Wildman–Crippen LogP) is 4.28. The molecule has 1 N–H and O–H groups in total. The summed E-state index contributed by atoms with van der Waals surface area (Å²) in [6.45, 7) is 9.10. The Hall–Kier alpha value is -1.05. The van der Waals surface area contributed by atoms with Gasteiger partial charge in [0.1, 0.15) is 0 Å². The van der Waals surface area contributed by atoms with Crippen LogP contribution < -0.4 is 0 Å². The molecule has 2 atom stereocenters. The minimum absolute atomic E-state index is 0.672. The molecule has 0 saturated heterocycles. The molecule has 0 aliphatic carbocycles. The van der Waals surface area contributed by atoms with Gasteiger partial charge in [-0.25, -0.2) is 4.79 Å². The molecule has 98 valence electrons. The lowest BCUT2D eigenvalue weighted by Crippen LogP contribution is -2.05. The third kappa shape index (κ3) is 9.86. The van der Waals surface area contributed by atoms with E-state index in [1.54, 1.807) is 6.08 Å². The Morgan fingerprint density at radius 2 is 1.76 bits per heavy atom. The molecule has 0 spiro atoms. The van der Waals surface area contributed by atoms with Crippen LogP contribution in [0.4, 0.5) is 0 Å². The second-order valence-corrected chi connectivity index (χ2v) is 5.27. The molecular formula is C15H26O2. The van der Waals surface area contributed by atoms with Crippen LogP contribution in [0, 0.1) is 17.8 Å². The summed E-state index contributed by atoms with van der Waals surface area (Å²) in [5.41, 5.74) is 0. The van der Waals surface area contributed by atoms with Crippen molar-refractivity contribution in [3.8, 4) is 0 Å². The van der Waals surface area contributed by atoms with E-state index in [0.717, 1.165) is 24.3 Å². The first-order valence-corrected chi connectivity index (χ1v) is 6.49. The van der Waals surface area contributed by atoms with E-state index in [9.17, 15) is 4.79 Å². The average Bonchev–Trinajstić information content (AvgIpc) is 2.24. The van der Waals surface area contributed by atoms with E-state index >= 15 is 0 Å². The van der Waals surface area contributed by atoms with Crippen molar-refractivity contribution in [3.05, 3.63) is 24.3 Å². The van der Waals surface area contributed by atoms with Crippen LogP contribution in [0.5, 0.6) is 0 Å². The molecule has 2 nitrogen and oxygen atoms in total. The van der Waals surface area contributed by atoms with Crippen LogP contribution >= 0.6 is 0 Å². The van der Waals surface area contributed by atoms with Gasteiger partial charge in [0.05, 0.1) is 0 Å². The summed E-state index contributed by atoms with van der Waals surface area (Å²) in [5.74, 6) is 1.32. The SMILES string of the molecule is CC(CC=CC=CC(=O)O)CCC(C)C(C)C. The van der Waals surface area contributed by atoms with E-state index in [-0.39, 0.29) is 0 Å². The Kier molecular flexibility index (Phi) is 8.47. The molecule has 17 heavy (non-hydrogen) atoms. The minimum Gasteiger partial charge on any atom is -0.478 e. The van der Waals surface area contributed by atoms with Gasteiger partial charge < -0.3 is 5.11 Å². The smallest absolute Gasteiger partial charge is 0.328 e. The standard InChI is InChI=1S/C15H26O2/c1-12(2)14(4)11-10-13(3)8-6-5-7-9-15(16)17/h5-7,9,12-14H,8,10-11H2,1-4H3,(H,16,17). The Morgan fingerprint density at radius 1 is 1.12 bits per heavy atom. The van der Waals surface area contributed by atoms with Crippen molar-refractivity contribution in [2.75, 3.05) is 0 Å². The van der Waals surface area contributed by atoms with Gasteiger partial charge in [0.15, 0.2) is 0 Å². The van der Waals surface area contributed by atoms with Crippen molar-refractivity contribution < 1.29 is 9.90 Å². The van der Waals surface area contributed by atoms with E-state index in [1.807, 2.05) is 12.2 Å². The number of hydrogen-bond acceptors (Lipinski definition) is 1. The van der Waals surface area contributed by atoms with Gasteiger partial charge in [0, 0.05) is 6.08 Å². The van der Waals surface area contributed by atoms with Crippen LogP contribution in [-0.2, 0) is 4.79 Å². The van der Waals surface area contributed by atoms with E-state index in [2.05, 4.69) is 27.7 Å². The number of rotatable bonds is 8. The fourth-order valence-corrected chi connectivity index (χ4v) is 1.53. The molecule has 0 aliphatic rings. The Morgan fingerprint density at radius 3 is 2.29 bits per heavy atom. The van der Waals surface area contributed by atoms with Crippen molar-refractivity contribution in [2.24, 2.45) is 17.8 Å². The summed E-state index contributed by atoms with van der Waals surface area (Å²) in [5, 5.41) is 8.40. The lowest BCUT2D eigenvalue weighted by Gasteiger charge is -2.17. The first-order valence-electron chi connectivity index (χ1n) is 6.49.